The number of nitrogens with zero attached hydrogens (tertiary/aromatic N) is 1. The van der Waals surface area contributed by atoms with Crippen LogP contribution in [0.25, 0.3) is 55.3 Å². The van der Waals surface area contributed by atoms with Crippen molar-refractivity contribution in [3.05, 3.63) is 199 Å². The lowest BCUT2D eigenvalue weighted by molar-refractivity contribution is 0.662. The molecule has 1 aliphatic carbocycles. The number of benzene rings is 8. The number of anilines is 3. The highest BCUT2D eigenvalue weighted by atomic mass is 15.1. The van der Waals surface area contributed by atoms with Crippen LogP contribution in [0.1, 0.15) is 25.0 Å². The Bertz CT molecular complexity index is 2500. The summed E-state index contributed by atoms with van der Waals surface area (Å²) in [4.78, 5) is 2.36. The molecule has 8 aromatic carbocycles. The summed E-state index contributed by atoms with van der Waals surface area (Å²) in [5, 5.41) is 2.53. The zero-order valence-corrected chi connectivity index (χ0v) is 28.3. The zero-order chi connectivity index (χ0) is 33.7. The van der Waals surface area contributed by atoms with Gasteiger partial charge in [0.1, 0.15) is 0 Å². The summed E-state index contributed by atoms with van der Waals surface area (Å²) in [5.41, 5.74) is 16.2. The molecule has 0 unspecified atom stereocenters. The van der Waals surface area contributed by atoms with Crippen molar-refractivity contribution in [1.29, 1.82) is 0 Å². The first kappa shape index (κ1) is 29.9. The second-order valence-electron chi connectivity index (χ2n) is 13.8. The van der Waals surface area contributed by atoms with Gasteiger partial charge in [0.2, 0.25) is 0 Å². The van der Waals surface area contributed by atoms with Gasteiger partial charge in [0.15, 0.2) is 0 Å². The van der Waals surface area contributed by atoms with Crippen LogP contribution in [-0.4, -0.2) is 0 Å². The van der Waals surface area contributed by atoms with Crippen LogP contribution in [0.2, 0.25) is 0 Å². The fraction of sp³-hybridized carbons (Fsp3) is 0.0612. The Hall–Kier alpha value is -6.18. The van der Waals surface area contributed by atoms with Crippen molar-refractivity contribution in [1.82, 2.24) is 0 Å². The maximum Gasteiger partial charge on any atom is 0.0467 e. The van der Waals surface area contributed by atoms with E-state index in [1.54, 1.807) is 0 Å². The van der Waals surface area contributed by atoms with Crippen LogP contribution in [0.5, 0.6) is 0 Å². The lowest BCUT2D eigenvalue weighted by atomic mass is 9.79. The lowest BCUT2D eigenvalue weighted by Crippen LogP contribution is -2.16. The summed E-state index contributed by atoms with van der Waals surface area (Å²) in [6, 6.07) is 68.5. The SMILES string of the molecule is CC1(C)c2ccccc2-c2cccc(-c3ccc(N(c4ccccc4)c4cccc(-c5cccc(-c6cccc7ccccc67)c5)c4)cc3)c21. The highest BCUT2D eigenvalue weighted by Crippen LogP contribution is 2.52. The van der Waals surface area contributed by atoms with Gasteiger partial charge in [0, 0.05) is 22.5 Å². The van der Waals surface area contributed by atoms with Crippen molar-refractivity contribution in [3.63, 3.8) is 0 Å². The van der Waals surface area contributed by atoms with Gasteiger partial charge in [-0.15, -0.1) is 0 Å². The normalized spacial score (nSPS) is 12.8. The molecule has 1 nitrogen and oxygen atoms in total. The summed E-state index contributed by atoms with van der Waals surface area (Å²) in [6.45, 7) is 4.72. The van der Waals surface area contributed by atoms with Crippen molar-refractivity contribution < 1.29 is 0 Å². The molecule has 0 heterocycles. The van der Waals surface area contributed by atoms with Crippen LogP contribution in [0, 0.1) is 0 Å². The number of rotatable bonds is 6. The summed E-state index contributed by atoms with van der Waals surface area (Å²) in [5.74, 6) is 0. The third-order valence-corrected chi connectivity index (χ3v) is 10.4. The predicted molar refractivity (Wildman–Crippen MR) is 213 cm³/mol. The van der Waals surface area contributed by atoms with E-state index < -0.39 is 0 Å². The summed E-state index contributed by atoms with van der Waals surface area (Å²) < 4.78 is 0. The standard InChI is InChI=1S/C49H37N/c1-49(2)47-27-9-8-23-45(47)46-26-13-25-44(48(46)49)35-28-30-40(31-29-35)50(39-19-4-3-5-20-39)41-21-11-17-37(33-41)36-16-10-18-38(32-36)43-24-12-15-34-14-6-7-22-42(34)43/h3-33H,1-2H3. The van der Waals surface area contributed by atoms with Gasteiger partial charge < -0.3 is 4.90 Å². The Labute approximate surface area is 294 Å². The lowest BCUT2D eigenvalue weighted by Gasteiger charge is -2.27. The van der Waals surface area contributed by atoms with E-state index in [2.05, 4.69) is 207 Å². The Morgan fingerprint density at radius 3 is 1.78 bits per heavy atom. The third kappa shape index (κ3) is 5.02. The monoisotopic (exact) mass is 639 g/mol. The third-order valence-electron chi connectivity index (χ3n) is 10.4. The molecular weight excluding hydrogens is 603 g/mol. The quantitative estimate of drug-likeness (QED) is 0.175. The molecular formula is C49H37N. The molecule has 0 aromatic heterocycles. The molecule has 1 aliphatic rings. The number of para-hydroxylation sites is 1. The average Bonchev–Trinajstić information content (AvgIpc) is 3.42. The first-order valence-corrected chi connectivity index (χ1v) is 17.4. The number of hydrogen-bond acceptors (Lipinski definition) is 1. The average molecular weight is 640 g/mol. The first-order chi connectivity index (χ1) is 24.6. The summed E-state index contributed by atoms with van der Waals surface area (Å²) in [7, 11) is 0. The van der Waals surface area contributed by atoms with Gasteiger partial charge in [0.25, 0.3) is 0 Å². The van der Waals surface area contributed by atoms with Crippen LogP contribution in [0.15, 0.2) is 188 Å². The first-order valence-electron chi connectivity index (χ1n) is 17.4. The van der Waals surface area contributed by atoms with Gasteiger partial charge in [0.05, 0.1) is 0 Å². The van der Waals surface area contributed by atoms with Gasteiger partial charge in [-0.05, 0) is 109 Å². The number of fused-ring (bicyclic) bond motifs is 4. The molecule has 0 amide bonds. The van der Waals surface area contributed by atoms with E-state index >= 15 is 0 Å². The Morgan fingerprint density at radius 2 is 0.920 bits per heavy atom. The van der Waals surface area contributed by atoms with E-state index in [0.717, 1.165) is 17.1 Å². The molecule has 0 fully saturated rings. The van der Waals surface area contributed by atoms with E-state index in [1.807, 2.05) is 0 Å². The largest absolute Gasteiger partial charge is 0.310 e. The van der Waals surface area contributed by atoms with Gasteiger partial charge in [-0.3, -0.25) is 0 Å². The Morgan fingerprint density at radius 1 is 0.360 bits per heavy atom. The maximum atomic E-state index is 2.36. The molecule has 0 saturated heterocycles. The highest BCUT2D eigenvalue weighted by Gasteiger charge is 2.37. The molecule has 0 atom stereocenters. The molecule has 0 radical (unpaired) electrons. The minimum atomic E-state index is -0.0668. The molecule has 9 rings (SSSR count). The predicted octanol–water partition coefficient (Wildman–Crippen LogP) is 13.6. The fourth-order valence-electron chi connectivity index (χ4n) is 8.07. The van der Waals surface area contributed by atoms with Crippen LogP contribution in [0.4, 0.5) is 17.1 Å². The van der Waals surface area contributed by atoms with Crippen molar-refractivity contribution in [2.45, 2.75) is 19.3 Å². The Kier molecular flexibility index (Phi) is 7.21. The maximum absolute atomic E-state index is 2.36. The van der Waals surface area contributed by atoms with Crippen LogP contribution in [-0.2, 0) is 5.41 Å². The van der Waals surface area contributed by atoms with E-state index in [-0.39, 0.29) is 5.41 Å². The summed E-state index contributed by atoms with van der Waals surface area (Å²) >= 11 is 0. The summed E-state index contributed by atoms with van der Waals surface area (Å²) in [6.07, 6.45) is 0. The second-order valence-corrected chi connectivity index (χ2v) is 13.8. The van der Waals surface area contributed by atoms with E-state index in [1.165, 1.54) is 66.4 Å². The smallest absolute Gasteiger partial charge is 0.0467 e. The van der Waals surface area contributed by atoms with Gasteiger partial charge >= 0.3 is 0 Å². The molecule has 0 bridgehead atoms. The van der Waals surface area contributed by atoms with Gasteiger partial charge in [-0.1, -0.05) is 159 Å². The number of hydrogen-bond donors (Lipinski definition) is 0. The minimum Gasteiger partial charge on any atom is -0.310 e. The van der Waals surface area contributed by atoms with Crippen molar-refractivity contribution in [2.24, 2.45) is 0 Å². The van der Waals surface area contributed by atoms with Crippen LogP contribution < -0.4 is 4.90 Å². The van der Waals surface area contributed by atoms with E-state index in [0.29, 0.717) is 0 Å². The molecule has 0 saturated carbocycles. The minimum absolute atomic E-state index is 0.0668. The molecule has 1 heteroatoms. The van der Waals surface area contributed by atoms with Crippen molar-refractivity contribution in [2.75, 3.05) is 4.90 Å². The Balaban J connectivity index is 1.10. The topological polar surface area (TPSA) is 3.24 Å². The highest BCUT2D eigenvalue weighted by molar-refractivity contribution is 5.97. The molecule has 8 aromatic rings. The van der Waals surface area contributed by atoms with E-state index in [4.69, 9.17) is 0 Å². The molecule has 0 N–H and O–H groups in total. The molecule has 238 valence electrons. The molecule has 0 aliphatic heterocycles. The van der Waals surface area contributed by atoms with Gasteiger partial charge in [-0.25, -0.2) is 0 Å². The van der Waals surface area contributed by atoms with Gasteiger partial charge in [-0.2, -0.15) is 0 Å². The van der Waals surface area contributed by atoms with Crippen molar-refractivity contribution in [3.8, 4) is 44.5 Å². The molecule has 0 spiro atoms. The second kappa shape index (κ2) is 12.1. The van der Waals surface area contributed by atoms with Crippen molar-refractivity contribution >= 4 is 27.8 Å². The fourth-order valence-corrected chi connectivity index (χ4v) is 8.07. The zero-order valence-electron chi connectivity index (χ0n) is 28.3. The van der Waals surface area contributed by atoms with Crippen LogP contribution in [0.3, 0.4) is 0 Å². The molecule has 50 heavy (non-hydrogen) atoms. The van der Waals surface area contributed by atoms with Crippen LogP contribution >= 0.6 is 0 Å². The van der Waals surface area contributed by atoms with E-state index in [9.17, 15) is 0 Å².